The van der Waals surface area contributed by atoms with Crippen LogP contribution in [0.25, 0.3) is 0 Å². The Morgan fingerprint density at radius 2 is 1.94 bits per heavy atom. The van der Waals surface area contributed by atoms with Gasteiger partial charge in [-0.15, -0.1) is 0 Å². The van der Waals surface area contributed by atoms with E-state index in [1.807, 2.05) is 24.1 Å². The molecule has 9 heteroatoms. The maximum absolute atomic E-state index is 12.4. The zero-order valence-corrected chi connectivity index (χ0v) is 17.9. The highest BCUT2D eigenvalue weighted by Gasteiger charge is 2.30. The van der Waals surface area contributed by atoms with Gasteiger partial charge in [-0.25, -0.2) is 4.98 Å². The van der Waals surface area contributed by atoms with Gasteiger partial charge in [0, 0.05) is 18.9 Å². The number of pyridine rings is 1. The molecule has 0 radical (unpaired) electrons. The number of nitrogens with one attached hydrogen (secondary N) is 3. The lowest BCUT2D eigenvalue weighted by atomic mass is 10.1. The Labute approximate surface area is 184 Å². The Morgan fingerprint density at radius 3 is 2.62 bits per heavy atom. The minimum absolute atomic E-state index is 0.172. The van der Waals surface area contributed by atoms with E-state index in [1.54, 1.807) is 50.4 Å². The van der Waals surface area contributed by atoms with E-state index in [2.05, 4.69) is 20.9 Å². The van der Waals surface area contributed by atoms with Gasteiger partial charge in [-0.05, 0) is 49.7 Å². The van der Waals surface area contributed by atoms with Gasteiger partial charge in [0.25, 0.3) is 11.8 Å². The number of fused-ring (bicyclic) bond motifs is 1. The van der Waals surface area contributed by atoms with Gasteiger partial charge in [-0.1, -0.05) is 12.1 Å². The fourth-order valence-corrected chi connectivity index (χ4v) is 3.65. The third-order valence-electron chi connectivity index (χ3n) is 5.23. The van der Waals surface area contributed by atoms with Crippen LogP contribution in [-0.4, -0.2) is 36.3 Å². The number of amides is 3. The van der Waals surface area contributed by atoms with E-state index in [1.165, 1.54) is 0 Å². The molecule has 0 unspecified atom stereocenters. The molecule has 0 spiro atoms. The van der Waals surface area contributed by atoms with E-state index >= 15 is 0 Å². The number of aromatic nitrogens is 1. The SMILES string of the molecule is Cc1cc(C(=O)NCC(=O)Nc2ccc([C@@H]3NC(=O)c4cccnc4N3C)cc2)c(C)o1. The summed E-state index contributed by atoms with van der Waals surface area (Å²) in [6, 6.07) is 12.2. The van der Waals surface area contributed by atoms with Gasteiger partial charge in [-0.2, -0.15) is 0 Å². The summed E-state index contributed by atoms with van der Waals surface area (Å²) in [7, 11) is 1.86. The van der Waals surface area contributed by atoms with Crippen molar-refractivity contribution in [3.63, 3.8) is 0 Å². The highest BCUT2D eigenvalue weighted by atomic mass is 16.3. The molecule has 0 saturated carbocycles. The van der Waals surface area contributed by atoms with Crippen molar-refractivity contribution in [2.24, 2.45) is 0 Å². The highest BCUT2D eigenvalue weighted by Crippen LogP contribution is 2.30. The lowest BCUT2D eigenvalue weighted by molar-refractivity contribution is -0.115. The Bertz CT molecular complexity index is 1190. The van der Waals surface area contributed by atoms with Crippen LogP contribution in [0.3, 0.4) is 0 Å². The Balaban J connectivity index is 1.37. The summed E-state index contributed by atoms with van der Waals surface area (Å²) >= 11 is 0. The predicted octanol–water partition coefficient (Wildman–Crippen LogP) is 2.54. The number of hydrogen-bond acceptors (Lipinski definition) is 6. The van der Waals surface area contributed by atoms with Crippen molar-refractivity contribution < 1.29 is 18.8 Å². The number of furan rings is 1. The molecule has 32 heavy (non-hydrogen) atoms. The number of hydrogen-bond donors (Lipinski definition) is 3. The summed E-state index contributed by atoms with van der Waals surface area (Å²) in [5.41, 5.74) is 2.35. The van der Waals surface area contributed by atoms with E-state index in [0.717, 1.165) is 5.56 Å². The van der Waals surface area contributed by atoms with Crippen molar-refractivity contribution in [2.75, 3.05) is 23.8 Å². The molecule has 0 saturated heterocycles. The number of nitrogens with zero attached hydrogens (tertiary/aromatic N) is 2. The maximum Gasteiger partial charge on any atom is 0.256 e. The molecule has 0 fully saturated rings. The van der Waals surface area contributed by atoms with Crippen molar-refractivity contribution in [3.8, 4) is 0 Å². The van der Waals surface area contributed by atoms with E-state index in [0.29, 0.717) is 34.2 Å². The van der Waals surface area contributed by atoms with Crippen LogP contribution in [0.4, 0.5) is 11.5 Å². The molecule has 2 aromatic heterocycles. The second-order valence-electron chi connectivity index (χ2n) is 7.54. The first-order valence-electron chi connectivity index (χ1n) is 10.1. The minimum atomic E-state index is -0.379. The molecule has 1 aromatic carbocycles. The van der Waals surface area contributed by atoms with Crippen LogP contribution in [0.2, 0.25) is 0 Å². The standard InChI is InChI=1S/C23H23N5O4/c1-13-11-18(14(2)32-13)22(30)25-12-19(29)26-16-8-6-15(7-9-16)20-27-23(31)17-5-4-10-24-21(17)28(20)3/h4-11,20H,12H2,1-3H3,(H,25,30)(H,26,29)(H,27,31)/t20-/m1/s1. The number of rotatable bonds is 5. The highest BCUT2D eigenvalue weighted by molar-refractivity contribution is 6.01. The van der Waals surface area contributed by atoms with Gasteiger partial charge in [0.1, 0.15) is 23.5 Å². The number of anilines is 2. The molecule has 0 bridgehead atoms. The van der Waals surface area contributed by atoms with Crippen molar-refractivity contribution in [1.82, 2.24) is 15.6 Å². The molecule has 3 heterocycles. The lowest BCUT2D eigenvalue weighted by Gasteiger charge is -2.35. The maximum atomic E-state index is 12.4. The molecule has 3 aromatic rings. The molecule has 4 rings (SSSR count). The quantitative estimate of drug-likeness (QED) is 0.569. The predicted molar refractivity (Wildman–Crippen MR) is 118 cm³/mol. The van der Waals surface area contributed by atoms with Crippen molar-refractivity contribution in [1.29, 1.82) is 0 Å². The van der Waals surface area contributed by atoms with Crippen molar-refractivity contribution >= 4 is 29.2 Å². The van der Waals surface area contributed by atoms with Crippen LogP contribution >= 0.6 is 0 Å². The average Bonchev–Trinajstić information content (AvgIpc) is 3.13. The summed E-state index contributed by atoms with van der Waals surface area (Å²) in [6.45, 7) is 3.28. The summed E-state index contributed by atoms with van der Waals surface area (Å²) in [4.78, 5) is 43.0. The van der Waals surface area contributed by atoms with Crippen molar-refractivity contribution in [2.45, 2.75) is 20.0 Å². The van der Waals surface area contributed by atoms with E-state index in [9.17, 15) is 14.4 Å². The molecule has 164 valence electrons. The Hall–Kier alpha value is -4.14. The molecule has 1 aliphatic rings. The number of carbonyl (C=O) groups excluding carboxylic acids is 3. The van der Waals surface area contributed by atoms with Crippen molar-refractivity contribution in [3.05, 3.63) is 76.9 Å². The lowest BCUT2D eigenvalue weighted by Crippen LogP contribution is -2.45. The van der Waals surface area contributed by atoms with E-state index < -0.39 is 0 Å². The zero-order chi connectivity index (χ0) is 22.8. The average molecular weight is 433 g/mol. The second kappa shape index (κ2) is 8.54. The molecule has 3 N–H and O–H groups in total. The number of aryl methyl sites for hydroxylation is 2. The van der Waals surface area contributed by atoms with Crippen LogP contribution in [0.5, 0.6) is 0 Å². The van der Waals surface area contributed by atoms with E-state index in [4.69, 9.17) is 4.42 Å². The minimum Gasteiger partial charge on any atom is -0.466 e. The third kappa shape index (κ3) is 4.18. The molecular weight excluding hydrogens is 410 g/mol. The monoisotopic (exact) mass is 433 g/mol. The largest absolute Gasteiger partial charge is 0.466 e. The first-order valence-corrected chi connectivity index (χ1v) is 10.1. The Morgan fingerprint density at radius 1 is 1.19 bits per heavy atom. The zero-order valence-electron chi connectivity index (χ0n) is 17.9. The van der Waals surface area contributed by atoms with E-state index in [-0.39, 0.29) is 30.4 Å². The molecule has 3 amide bonds. The van der Waals surface area contributed by atoms with Crippen LogP contribution in [0, 0.1) is 13.8 Å². The van der Waals surface area contributed by atoms with Crippen LogP contribution in [0.1, 0.15) is 44.0 Å². The topological polar surface area (TPSA) is 117 Å². The smallest absolute Gasteiger partial charge is 0.256 e. The number of benzene rings is 1. The van der Waals surface area contributed by atoms with Gasteiger partial charge in [0.15, 0.2) is 0 Å². The molecular formula is C23H23N5O4. The molecule has 1 atom stereocenters. The fourth-order valence-electron chi connectivity index (χ4n) is 3.65. The van der Waals surface area contributed by atoms with Crippen LogP contribution in [0.15, 0.2) is 53.1 Å². The third-order valence-corrected chi connectivity index (χ3v) is 5.23. The molecule has 1 aliphatic heterocycles. The fraction of sp³-hybridized carbons (Fsp3) is 0.217. The van der Waals surface area contributed by atoms with Gasteiger partial charge >= 0.3 is 0 Å². The summed E-state index contributed by atoms with van der Waals surface area (Å²) in [6.07, 6.45) is 1.27. The van der Waals surface area contributed by atoms with Gasteiger partial charge in [-0.3, -0.25) is 14.4 Å². The van der Waals surface area contributed by atoms with Crippen LogP contribution in [-0.2, 0) is 4.79 Å². The normalized spacial score (nSPS) is 15.0. The summed E-state index contributed by atoms with van der Waals surface area (Å²) in [5, 5.41) is 8.29. The molecule has 0 aliphatic carbocycles. The summed E-state index contributed by atoms with van der Waals surface area (Å²) in [5.74, 6) is 0.842. The first-order chi connectivity index (χ1) is 15.3. The summed E-state index contributed by atoms with van der Waals surface area (Å²) < 4.78 is 5.34. The van der Waals surface area contributed by atoms with Gasteiger partial charge in [0.05, 0.1) is 17.7 Å². The van der Waals surface area contributed by atoms with Gasteiger partial charge in [0.2, 0.25) is 5.91 Å². The van der Waals surface area contributed by atoms with Crippen LogP contribution < -0.4 is 20.9 Å². The molecule has 9 nitrogen and oxygen atoms in total. The number of carbonyl (C=O) groups is 3. The second-order valence-corrected chi connectivity index (χ2v) is 7.54. The Kier molecular flexibility index (Phi) is 5.63. The first kappa shape index (κ1) is 21.1. The van der Waals surface area contributed by atoms with Gasteiger partial charge < -0.3 is 25.3 Å².